The first kappa shape index (κ1) is 12.1. The molecular weight excluding hydrogens is 245 g/mol. The molecule has 1 aliphatic rings. The number of ether oxygens (including phenoxy) is 1. The summed E-state index contributed by atoms with van der Waals surface area (Å²) in [6, 6.07) is 13.6. The maximum absolute atomic E-state index is 12.9. The largest absolute Gasteiger partial charge is 0.466 e. The molecule has 3 nitrogen and oxygen atoms in total. The number of hydroxylamine groups is 1. The Bertz CT molecular complexity index is 585. The van der Waals surface area contributed by atoms with E-state index in [4.69, 9.17) is 4.74 Å². The number of nitrogens with one attached hydrogen (secondary N) is 1. The molecule has 0 bridgehead atoms. The molecular formula is C15H14FNO2. The Balaban J connectivity index is 1.95. The van der Waals surface area contributed by atoms with E-state index in [1.807, 2.05) is 24.3 Å². The number of benzene rings is 2. The molecule has 2 aromatic rings. The smallest absolute Gasteiger partial charge is 0.208 e. The molecule has 0 aliphatic heterocycles. The summed E-state index contributed by atoms with van der Waals surface area (Å²) < 4.78 is 18.8. The van der Waals surface area contributed by atoms with Crippen LogP contribution in [0.4, 0.5) is 4.39 Å². The topological polar surface area (TPSA) is 41.5 Å². The first-order valence-corrected chi connectivity index (χ1v) is 6.18. The molecule has 2 aromatic carbocycles. The third-order valence-electron chi connectivity index (χ3n) is 3.49. The fourth-order valence-corrected chi connectivity index (χ4v) is 2.53. The molecule has 0 saturated carbocycles. The first-order chi connectivity index (χ1) is 9.23. The number of rotatable bonds is 3. The molecule has 2 N–H and O–H groups in total. The van der Waals surface area contributed by atoms with E-state index in [1.54, 1.807) is 12.1 Å². The summed E-state index contributed by atoms with van der Waals surface area (Å²) in [6.45, 7) is 0. The normalized spacial score (nSPS) is 21.2. The molecule has 0 saturated heterocycles. The van der Waals surface area contributed by atoms with E-state index in [-0.39, 0.29) is 5.82 Å². The number of halogens is 1. The van der Waals surface area contributed by atoms with Gasteiger partial charge in [-0.1, -0.05) is 24.3 Å². The Labute approximate surface area is 110 Å². The molecule has 0 spiro atoms. The lowest BCUT2D eigenvalue weighted by Gasteiger charge is -2.29. The van der Waals surface area contributed by atoms with Crippen LogP contribution in [0.5, 0.6) is 5.75 Å². The van der Waals surface area contributed by atoms with Crippen LogP contribution in [0, 0.1) is 5.82 Å². The van der Waals surface area contributed by atoms with E-state index in [2.05, 4.69) is 5.48 Å². The molecule has 0 aromatic heterocycles. The second kappa shape index (κ2) is 4.64. The Hall–Kier alpha value is -1.91. The Morgan fingerprint density at radius 3 is 2.58 bits per heavy atom. The van der Waals surface area contributed by atoms with Gasteiger partial charge in [-0.25, -0.2) is 4.39 Å². The summed E-state index contributed by atoms with van der Waals surface area (Å²) in [4.78, 5) is 0. The first-order valence-electron chi connectivity index (χ1n) is 6.18. The van der Waals surface area contributed by atoms with Gasteiger partial charge >= 0.3 is 0 Å². The SMILES string of the molecule is ONC1(Oc2ccc(F)cc2)CCc2ccccc21. The van der Waals surface area contributed by atoms with Gasteiger partial charge in [-0.05, 0) is 36.2 Å². The molecule has 0 amide bonds. The van der Waals surface area contributed by atoms with Crippen LogP contribution < -0.4 is 10.2 Å². The fourth-order valence-electron chi connectivity index (χ4n) is 2.53. The number of hydrogen-bond donors (Lipinski definition) is 2. The second-order valence-electron chi connectivity index (χ2n) is 4.65. The van der Waals surface area contributed by atoms with Crippen LogP contribution in [-0.4, -0.2) is 5.21 Å². The van der Waals surface area contributed by atoms with Crippen molar-refractivity contribution < 1.29 is 14.3 Å². The van der Waals surface area contributed by atoms with E-state index in [1.165, 1.54) is 12.1 Å². The highest BCUT2D eigenvalue weighted by molar-refractivity contribution is 5.38. The van der Waals surface area contributed by atoms with Gasteiger partial charge in [0, 0.05) is 12.0 Å². The van der Waals surface area contributed by atoms with Gasteiger partial charge in [-0.3, -0.25) is 0 Å². The Morgan fingerprint density at radius 1 is 1.11 bits per heavy atom. The molecule has 1 atom stereocenters. The summed E-state index contributed by atoms with van der Waals surface area (Å²) in [7, 11) is 0. The zero-order chi connectivity index (χ0) is 13.3. The summed E-state index contributed by atoms with van der Waals surface area (Å²) in [5.41, 5.74) is 3.39. The van der Waals surface area contributed by atoms with E-state index in [9.17, 15) is 9.60 Å². The van der Waals surface area contributed by atoms with Crippen molar-refractivity contribution in [3.8, 4) is 5.75 Å². The Kier molecular flexibility index (Phi) is 2.97. The maximum atomic E-state index is 12.9. The van der Waals surface area contributed by atoms with Crippen molar-refractivity contribution in [2.75, 3.05) is 0 Å². The van der Waals surface area contributed by atoms with E-state index in [0.717, 1.165) is 17.5 Å². The van der Waals surface area contributed by atoms with Gasteiger partial charge in [-0.15, -0.1) is 0 Å². The lowest BCUT2D eigenvalue weighted by Crippen LogP contribution is -2.43. The quantitative estimate of drug-likeness (QED) is 0.657. The predicted molar refractivity (Wildman–Crippen MR) is 68.4 cm³/mol. The minimum atomic E-state index is -0.950. The number of fused-ring (bicyclic) bond motifs is 1. The second-order valence-corrected chi connectivity index (χ2v) is 4.65. The zero-order valence-corrected chi connectivity index (χ0v) is 10.3. The fraction of sp³-hybridized carbons (Fsp3) is 0.200. The minimum absolute atomic E-state index is 0.315. The van der Waals surface area contributed by atoms with Gasteiger partial charge in [0.25, 0.3) is 0 Å². The van der Waals surface area contributed by atoms with E-state index < -0.39 is 5.72 Å². The van der Waals surface area contributed by atoms with Gasteiger partial charge < -0.3 is 9.94 Å². The van der Waals surface area contributed by atoms with Crippen molar-refractivity contribution in [3.63, 3.8) is 0 Å². The van der Waals surface area contributed by atoms with Crippen LogP contribution in [0.1, 0.15) is 17.5 Å². The van der Waals surface area contributed by atoms with Crippen LogP contribution in [0.25, 0.3) is 0 Å². The van der Waals surface area contributed by atoms with Crippen LogP contribution in [0.3, 0.4) is 0 Å². The number of hydrogen-bond acceptors (Lipinski definition) is 3. The number of aryl methyl sites for hydroxylation is 1. The van der Waals surface area contributed by atoms with Gasteiger partial charge in [-0.2, -0.15) is 5.48 Å². The molecule has 0 heterocycles. The third kappa shape index (κ3) is 2.09. The van der Waals surface area contributed by atoms with Crippen LogP contribution >= 0.6 is 0 Å². The van der Waals surface area contributed by atoms with E-state index in [0.29, 0.717) is 12.2 Å². The molecule has 4 heteroatoms. The lowest BCUT2D eigenvalue weighted by molar-refractivity contribution is -0.0772. The van der Waals surface area contributed by atoms with Crippen molar-refractivity contribution in [1.29, 1.82) is 0 Å². The highest BCUT2D eigenvalue weighted by atomic mass is 19.1. The molecule has 1 unspecified atom stereocenters. The highest BCUT2D eigenvalue weighted by Gasteiger charge is 2.40. The average molecular weight is 259 g/mol. The van der Waals surface area contributed by atoms with Crippen molar-refractivity contribution in [2.45, 2.75) is 18.6 Å². The minimum Gasteiger partial charge on any atom is -0.466 e. The maximum Gasteiger partial charge on any atom is 0.208 e. The van der Waals surface area contributed by atoms with Crippen LogP contribution in [0.2, 0.25) is 0 Å². The van der Waals surface area contributed by atoms with Crippen molar-refractivity contribution in [3.05, 3.63) is 65.5 Å². The predicted octanol–water partition coefficient (Wildman–Crippen LogP) is 2.98. The van der Waals surface area contributed by atoms with Crippen molar-refractivity contribution in [2.24, 2.45) is 0 Å². The molecule has 0 fully saturated rings. The Morgan fingerprint density at radius 2 is 1.84 bits per heavy atom. The summed E-state index contributed by atoms with van der Waals surface area (Å²) >= 11 is 0. The average Bonchev–Trinajstić information content (AvgIpc) is 2.81. The molecule has 98 valence electrons. The third-order valence-corrected chi connectivity index (χ3v) is 3.49. The summed E-state index contributed by atoms with van der Waals surface area (Å²) in [6.07, 6.45) is 1.45. The van der Waals surface area contributed by atoms with Gasteiger partial charge in [0.05, 0.1) is 0 Å². The summed E-state index contributed by atoms with van der Waals surface area (Å²) in [5, 5.41) is 9.53. The van der Waals surface area contributed by atoms with E-state index >= 15 is 0 Å². The molecule has 0 radical (unpaired) electrons. The lowest BCUT2D eigenvalue weighted by atomic mass is 10.1. The van der Waals surface area contributed by atoms with Crippen molar-refractivity contribution >= 4 is 0 Å². The van der Waals surface area contributed by atoms with Crippen LogP contribution in [-0.2, 0) is 12.1 Å². The zero-order valence-electron chi connectivity index (χ0n) is 10.3. The van der Waals surface area contributed by atoms with Crippen LogP contribution in [0.15, 0.2) is 48.5 Å². The standard InChI is InChI=1S/C15H14FNO2/c16-12-5-7-13(8-6-12)19-15(17-18)10-9-11-3-1-2-4-14(11)15/h1-8,17-18H,9-10H2. The van der Waals surface area contributed by atoms with Gasteiger partial charge in [0.1, 0.15) is 11.6 Å². The summed E-state index contributed by atoms with van der Waals surface area (Å²) in [5.74, 6) is 0.199. The molecule has 1 aliphatic carbocycles. The monoisotopic (exact) mass is 259 g/mol. The van der Waals surface area contributed by atoms with Gasteiger partial charge in [0.15, 0.2) is 0 Å². The van der Waals surface area contributed by atoms with Gasteiger partial charge in [0.2, 0.25) is 5.72 Å². The highest BCUT2D eigenvalue weighted by Crippen LogP contribution is 2.38. The van der Waals surface area contributed by atoms with Crippen molar-refractivity contribution in [1.82, 2.24) is 5.48 Å². The molecule has 19 heavy (non-hydrogen) atoms. The molecule has 3 rings (SSSR count).